The fraction of sp³-hybridized carbons (Fsp3) is 0.174. The van der Waals surface area contributed by atoms with Crippen LogP contribution >= 0.6 is 0 Å². The summed E-state index contributed by atoms with van der Waals surface area (Å²) in [6.45, 7) is 0.243. The van der Waals surface area contributed by atoms with Crippen molar-refractivity contribution in [2.75, 3.05) is 32.3 Å². The van der Waals surface area contributed by atoms with Crippen LogP contribution in [0, 0.1) is 0 Å². The van der Waals surface area contributed by atoms with Gasteiger partial charge in [0.15, 0.2) is 0 Å². The van der Waals surface area contributed by atoms with Crippen LogP contribution in [0.1, 0.15) is 0 Å². The highest BCUT2D eigenvalue weighted by molar-refractivity contribution is 5.83. The van der Waals surface area contributed by atoms with Gasteiger partial charge in [-0.05, 0) is 30.3 Å². The van der Waals surface area contributed by atoms with Gasteiger partial charge in [0, 0.05) is 48.5 Å². The van der Waals surface area contributed by atoms with Gasteiger partial charge in [0.1, 0.15) is 17.8 Å². The van der Waals surface area contributed by atoms with Crippen LogP contribution in [0.4, 0.5) is 11.4 Å². The predicted octanol–water partition coefficient (Wildman–Crippen LogP) is 2.93. The molecule has 0 aliphatic rings. The number of aliphatic hydroxyl groups is 1. The number of rotatable bonds is 7. The number of pyridine rings is 1. The summed E-state index contributed by atoms with van der Waals surface area (Å²) in [7, 11) is 3.16. The zero-order valence-electron chi connectivity index (χ0n) is 17.2. The van der Waals surface area contributed by atoms with Crippen molar-refractivity contribution in [2.45, 2.75) is 0 Å². The van der Waals surface area contributed by atoms with Gasteiger partial charge < -0.3 is 19.5 Å². The minimum Gasteiger partial charge on any atom is -0.497 e. The van der Waals surface area contributed by atoms with Crippen LogP contribution in [-0.4, -0.2) is 47.0 Å². The lowest BCUT2D eigenvalue weighted by Gasteiger charge is -2.25. The maximum absolute atomic E-state index is 13.2. The average molecular weight is 418 g/mol. The van der Waals surface area contributed by atoms with Crippen molar-refractivity contribution in [2.24, 2.45) is 0 Å². The Balaban J connectivity index is 1.85. The lowest BCUT2D eigenvalue weighted by molar-refractivity contribution is 0.305. The van der Waals surface area contributed by atoms with Crippen molar-refractivity contribution >= 4 is 22.3 Å². The third-order valence-electron chi connectivity index (χ3n) is 4.97. The summed E-state index contributed by atoms with van der Waals surface area (Å²) in [5.74, 6) is 1.25. The van der Waals surface area contributed by atoms with E-state index in [2.05, 4.69) is 9.97 Å². The summed E-state index contributed by atoms with van der Waals surface area (Å²) in [5, 5.41) is 10.2. The highest BCUT2D eigenvalue weighted by atomic mass is 16.5. The van der Waals surface area contributed by atoms with Crippen molar-refractivity contribution < 1.29 is 14.6 Å². The molecule has 2 aromatic heterocycles. The minimum absolute atomic E-state index is 0.0775. The zero-order valence-corrected chi connectivity index (χ0v) is 17.2. The van der Waals surface area contributed by atoms with Gasteiger partial charge in [-0.15, -0.1) is 0 Å². The quantitative estimate of drug-likeness (QED) is 0.494. The third-order valence-corrected chi connectivity index (χ3v) is 4.97. The molecule has 0 aliphatic heterocycles. The molecule has 0 atom stereocenters. The molecule has 0 bridgehead atoms. The largest absolute Gasteiger partial charge is 0.497 e. The summed E-state index contributed by atoms with van der Waals surface area (Å²) >= 11 is 0. The molecule has 0 radical (unpaired) electrons. The second-order valence-electron chi connectivity index (χ2n) is 6.77. The number of anilines is 2. The van der Waals surface area contributed by atoms with E-state index in [0.29, 0.717) is 34.6 Å². The number of fused-ring (bicyclic) bond motifs is 1. The van der Waals surface area contributed by atoms with Crippen LogP contribution in [0.3, 0.4) is 0 Å². The molecule has 158 valence electrons. The first-order chi connectivity index (χ1) is 15.1. The number of nitrogens with zero attached hydrogens (tertiary/aromatic N) is 4. The Kier molecular flexibility index (Phi) is 5.81. The summed E-state index contributed by atoms with van der Waals surface area (Å²) in [4.78, 5) is 23.5. The van der Waals surface area contributed by atoms with Gasteiger partial charge in [0.05, 0.1) is 37.4 Å². The van der Waals surface area contributed by atoms with Crippen LogP contribution in [0.2, 0.25) is 0 Å². The van der Waals surface area contributed by atoms with Gasteiger partial charge in [-0.2, -0.15) is 0 Å². The molecule has 0 spiro atoms. The number of ether oxygens (including phenoxy) is 2. The standard InChI is InChI=1S/C23H22N4O4/c1-30-19-11-18(12-20(14-19)31-2)26(9-10-28)17-3-4-22-21(13-17)23(29)27(15-25-22)16-5-7-24-8-6-16/h3-8,11-15,28H,9-10H2,1-2H3. The van der Waals surface area contributed by atoms with E-state index in [-0.39, 0.29) is 12.2 Å². The van der Waals surface area contributed by atoms with Crippen molar-refractivity contribution in [1.82, 2.24) is 14.5 Å². The smallest absolute Gasteiger partial charge is 0.265 e. The van der Waals surface area contributed by atoms with Gasteiger partial charge in [0.25, 0.3) is 5.56 Å². The summed E-state index contributed by atoms with van der Waals surface area (Å²) in [6.07, 6.45) is 4.77. The number of methoxy groups -OCH3 is 2. The maximum atomic E-state index is 13.2. The van der Waals surface area contributed by atoms with Crippen LogP contribution in [0.25, 0.3) is 16.6 Å². The summed E-state index contributed by atoms with van der Waals surface area (Å²) in [5.41, 5.74) is 2.59. The Morgan fingerprint density at radius 3 is 2.32 bits per heavy atom. The Hall–Kier alpha value is -3.91. The topological polar surface area (TPSA) is 89.7 Å². The molecule has 8 nitrogen and oxygen atoms in total. The van der Waals surface area contributed by atoms with E-state index in [0.717, 1.165) is 11.4 Å². The fourth-order valence-corrected chi connectivity index (χ4v) is 3.42. The molecular weight excluding hydrogens is 396 g/mol. The molecule has 4 rings (SSSR count). The van der Waals surface area contributed by atoms with Gasteiger partial charge in [0.2, 0.25) is 0 Å². The van der Waals surface area contributed by atoms with E-state index in [9.17, 15) is 9.90 Å². The van der Waals surface area contributed by atoms with E-state index in [4.69, 9.17) is 9.47 Å². The van der Waals surface area contributed by atoms with Crippen molar-refractivity contribution in [3.05, 3.63) is 77.6 Å². The molecule has 0 aliphatic carbocycles. The van der Waals surface area contributed by atoms with Gasteiger partial charge in [-0.1, -0.05) is 0 Å². The lowest BCUT2D eigenvalue weighted by atomic mass is 10.1. The number of hydrogen-bond donors (Lipinski definition) is 1. The number of hydrogen-bond acceptors (Lipinski definition) is 7. The Labute approximate surface area is 178 Å². The van der Waals surface area contributed by atoms with Crippen LogP contribution in [0.15, 0.2) is 72.0 Å². The molecule has 0 unspecified atom stereocenters. The SMILES string of the molecule is COc1cc(OC)cc(N(CCO)c2ccc3ncn(-c4ccncc4)c(=O)c3c2)c1. The normalized spacial score (nSPS) is 10.8. The first-order valence-corrected chi connectivity index (χ1v) is 9.68. The molecule has 2 heterocycles. The molecule has 1 N–H and O–H groups in total. The first-order valence-electron chi connectivity index (χ1n) is 9.68. The van der Waals surface area contributed by atoms with E-state index in [1.54, 1.807) is 56.9 Å². The monoisotopic (exact) mass is 418 g/mol. The van der Waals surface area contributed by atoms with Crippen LogP contribution in [-0.2, 0) is 0 Å². The summed E-state index contributed by atoms with van der Waals surface area (Å²) < 4.78 is 12.2. The number of benzene rings is 2. The van der Waals surface area contributed by atoms with Gasteiger partial charge >= 0.3 is 0 Å². The zero-order chi connectivity index (χ0) is 21.8. The number of aliphatic hydroxyl groups excluding tert-OH is 1. The third kappa shape index (κ3) is 4.06. The van der Waals surface area contributed by atoms with Crippen LogP contribution in [0.5, 0.6) is 11.5 Å². The highest BCUT2D eigenvalue weighted by Crippen LogP contribution is 2.33. The Morgan fingerprint density at radius 2 is 1.68 bits per heavy atom. The van der Waals surface area contributed by atoms with E-state index in [1.165, 1.54) is 10.9 Å². The molecule has 0 saturated heterocycles. The predicted molar refractivity (Wildman–Crippen MR) is 119 cm³/mol. The van der Waals surface area contributed by atoms with Crippen molar-refractivity contribution in [1.29, 1.82) is 0 Å². The van der Waals surface area contributed by atoms with Crippen LogP contribution < -0.4 is 19.9 Å². The second kappa shape index (κ2) is 8.85. The first kappa shape index (κ1) is 20.4. The fourth-order valence-electron chi connectivity index (χ4n) is 3.42. The van der Waals surface area contributed by atoms with E-state index < -0.39 is 0 Å². The molecule has 0 fully saturated rings. The molecule has 0 amide bonds. The van der Waals surface area contributed by atoms with Gasteiger partial charge in [-0.3, -0.25) is 14.3 Å². The molecule has 4 aromatic rings. The molecule has 2 aromatic carbocycles. The average Bonchev–Trinajstić information content (AvgIpc) is 2.83. The van der Waals surface area contributed by atoms with E-state index >= 15 is 0 Å². The molecule has 8 heteroatoms. The summed E-state index contributed by atoms with van der Waals surface area (Å²) in [6, 6.07) is 14.4. The molecule has 0 saturated carbocycles. The second-order valence-corrected chi connectivity index (χ2v) is 6.77. The Bertz CT molecular complexity index is 1240. The molecular formula is C23H22N4O4. The minimum atomic E-state index is -0.190. The van der Waals surface area contributed by atoms with E-state index in [1.807, 2.05) is 23.1 Å². The Morgan fingerprint density at radius 1 is 0.968 bits per heavy atom. The van der Waals surface area contributed by atoms with Gasteiger partial charge in [-0.25, -0.2) is 4.98 Å². The number of aromatic nitrogens is 3. The maximum Gasteiger partial charge on any atom is 0.265 e. The lowest BCUT2D eigenvalue weighted by Crippen LogP contribution is -2.22. The van der Waals surface area contributed by atoms with Crippen molar-refractivity contribution in [3.8, 4) is 17.2 Å². The van der Waals surface area contributed by atoms with Crippen molar-refractivity contribution in [3.63, 3.8) is 0 Å². The highest BCUT2D eigenvalue weighted by Gasteiger charge is 2.15. The molecule has 31 heavy (non-hydrogen) atoms.